The van der Waals surface area contributed by atoms with Crippen LogP contribution in [0.3, 0.4) is 0 Å². The molecule has 1 N–H and O–H groups in total. The van der Waals surface area contributed by atoms with Crippen molar-refractivity contribution in [2.24, 2.45) is 0 Å². The van der Waals surface area contributed by atoms with Crippen molar-refractivity contribution in [3.63, 3.8) is 0 Å². The van der Waals surface area contributed by atoms with Gasteiger partial charge in [0.05, 0.1) is 17.2 Å². The number of carbonyl (C=O) groups is 2. The highest BCUT2D eigenvalue weighted by atomic mass is 32.2. The highest BCUT2D eigenvalue weighted by Crippen LogP contribution is 2.26. The molecule has 4 rings (SSSR count). The maximum absolute atomic E-state index is 14.2. The Hall–Kier alpha value is -3.85. The lowest BCUT2D eigenvalue weighted by Crippen LogP contribution is -2.53. The summed E-state index contributed by atoms with van der Waals surface area (Å²) >= 11 is 0. The summed E-state index contributed by atoms with van der Waals surface area (Å²) in [4.78, 5) is 29.4. The number of para-hydroxylation sites is 1. The summed E-state index contributed by atoms with van der Waals surface area (Å²) in [5.74, 6) is -0.0979. The van der Waals surface area contributed by atoms with Crippen LogP contribution in [0.2, 0.25) is 0 Å². The van der Waals surface area contributed by atoms with Gasteiger partial charge in [0.1, 0.15) is 18.3 Å². The summed E-state index contributed by atoms with van der Waals surface area (Å²) in [6.45, 7) is 5.88. The number of anilines is 1. The van der Waals surface area contributed by atoms with Crippen molar-refractivity contribution >= 4 is 27.5 Å². The highest BCUT2D eigenvalue weighted by Gasteiger charge is 2.34. The fourth-order valence-electron chi connectivity index (χ4n) is 5.38. The summed E-state index contributed by atoms with van der Waals surface area (Å²) in [7, 11) is -4.14. The van der Waals surface area contributed by atoms with Crippen LogP contribution >= 0.6 is 0 Å². The number of nitrogens with zero attached hydrogens (tertiary/aromatic N) is 2. The number of nitrogens with one attached hydrogen (secondary N) is 1. The van der Waals surface area contributed by atoms with Crippen molar-refractivity contribution in [1.82, 2.24) is 10.2 Å². The Labute approximate surface area is 249 Å². The summed E-state index contributed by atoms with van der Waals surface area (Å²) < 4.78 is 34.6. The Morgan fingerprint density at radius 2 is 1.57 bits per heavy atom. The van der Waals surface area contributed by atoms with Gasteiger partial charge in [-0.1, -0.05) is 62.2 Å². The Kier molecular flexibility index (Phi) is 10.6. The molecule has 0 spiro atoms. The first-order valence-electron chi connectivity index (χ1n) is 14.7. The maximum Gasteiger partial charge on any atom is 0.264 e. The summed E-state index contributed by atoms with van der Waals surface area (Å²) in [6, 6.07) is 21.8. The third kappa shape index (κ3) is 7.50. The van der Waals surface area contributed by atoms with E-state index in [9.17, 15) is 18.0 Å². The van der Waals surface area contributed by atoms with Crippen LogP contribution in [0.25, 0.3) is 0 Å². The van der Waals surface area contributed by atoms with Gasteiger partial charge < -0.3 is 15.0 Å². The van der Waals surface area contributed by atoms with E-state index in [0.29, 0.717) is 24.5 Å². The molecule has 1 fully saturated rings. The van der Waals surface area contributed by atoms with E-state index in [1.165, 1.54) is 17.0 Å². The molecule has 1 aliphatic rings. The van der Waals surface area contributed by atoms with Gasteiger partial charge in [-0.25, -0.2) is 8.42 Å². The highest BCUT2D eigenvalue weighted by molar-refractivity contribution is 7.92. The molecule has 9 heteroatoms. The molecule has 3 aromatic carbocycles. The van der Waals surface area contributed by atoms with Crippen LogP contribution < -0.4 is 14.4 Å². The van der Waals surface area contributed by atoms with Crippen LogP contribution in [0.4, 0.5) is 5.69 Å². The Morgan fingerprint density at radius 1 is 0.929 bits per heavy atom. The summed E-state index contributed by atoms with van der Waals surface area (Å²) in [5.41, 5.74) is 2.25. The standard InChI is InChI=1S/C33H41N3O5S/c1-4-31(33(38)34-27-15-11-12-16-27)35(23-26-14-10-9-13-25(26)3)32(37)24-36(28-17-7-6-8-18-28)42(39,40)30-21-19-29(20-22-30)41-5-2/h6-10,13-14,17-22,27,31H,4-5,11-12,15-16,23-24H2,1-3H3,(H,34,38). The van der Waals surface area contributed by atoms with Gasteiger partial charge in [-0.3, -0.25) is 13.9 Å². The fraction of sp³-hybridized carbons (Fsp3) is 0.394. The lowest BCUT2D eigenvalue weighted by Gasteiger charge is -2.34. The van der Waals surface area contributed by atoms with Gasteiger partial charge in [0.25, 0.3) is 10.0 Å². The van der Waals surface area contributed by atoms with Crippen LogP contribution in [-0.2, 0) is 26.2 Å². The molecule has 1 unspecified atom stereocenters. The number of amides is 2. The van der Waals surface area contributed by atoms with E-state index in [4.69, 9.17) is 4.74 Å². The zero-order chi connectivity index (χ0) is 30.1. The zero-order valence-corrected chi connectivity index (χ0v) is 25.5. The first-order chi connectivity index (χ1) is 20.2. The van der Waals surface area contributed by atoms with Crippen molar-refractivity contribution in [1.29, 1.82) is 0 Å². The van der Waals surface area contributed by atoms with Gasteiger partial charge in [-0.05, 0) is 80.6 Å². The quantitative estimate of drug-likeness (QED) is 0.285. The number of carbonyl (C=O) groups excluding carboxylic acids is 2. The monoisotopic (exact) mass is 591 g/mol. The molecule has 0 radical (unpaired) electrons. The number of ether oxygens (including phenoxy) is 1. The molecule has 0 aromatic heterocycles. The second-order valence-corrected chi connectivity index (χ2v) is 12.5. The number of sulfonamides is 1. The minimum absolute atomic E-state index is 0.0408. The molecule has 224 valence electrons. The van der Waals surface area contributed by atoms with Crippen molar-refractivity contribution < 1.29 is 22.7 Å². The van der Waals surface area contributed by atoms with Gasteiger partial charge >= 0.3 is 0 Å². The van der Waals surface area contributed by atoms with Crippen molar-refractivity contribution in [2.75, 3.05) is 17.5 Å². The molecular formula is C33H41N3O5S. The predicted octanol–water partition coefficient (Wildman–Crippen LogP) is 5.46. The number of benzene rings is 3. The van der Waals surface area contributed by atoms with E-state index < -0.39 is 28.5 Å². The lowest BCUT2D eigenvalue weighted by atomic mass is 10.1. The van der Waals surface area contributed by atoms with Gasteiger partial charge in [0, 0.05) is 12.6 Å². The molecular weight excluding hydrogens is 550 g/mol. The molecule has 2 amide bonds. The Morgan fingerprint density at radius 3 is 2.19 bits per heavy atom. The van der Waals surface area contributed by atoms with Gasteiger partial charge in [0.15, 0.2) is 0 Å². The zero-order valence-electron chi connectivity index (χ0n) is 24.7. The van der Waals surface area contributed by atoms with Crippen molar-refractivity contribution in [2.45, 2.75) is 76.4 Å². The smallest absolute Gasteiger partial charge is 0.264 e. The molecule has 8 nitrogen and oxygen atoms in total. The fourth-order valence-corrected chi connectivity index (χ4v) is 6.80. The van der Waals surface area contributed by atoms with Gasteiger partial charge in [-0.15, -0.1) is 0 Å². The summed E-state index contributed by atoms with van der Waals surface area (Å²) in [5, 5.41) is 3.15. The third-order valence-electron chi connectivity index (χ3n) is 7.74. The molecule has 42 heavy (non-hydrogen) atoms. The molecule has 0 bridgehead atoms. The van der Waals surface area contributed by atoms with Crippen LogP contribution in [-0.4, -0.2) is 50.4 Å². The molecule has 0 aliphatic heterocycles. The summed E-state index contributed by atoms with van der Waals surface area (Å²) in [6.07, 6.45) is 4.39. The van der Waals surface area contributed by atoms with Crippen molar-refractivity contribution in [3.8, 4) is 5.75 Å². The van der Waals surface area contributed by atoms with E-state index in [2.05, 4.69) is 5.32 Å². The lowest BCUT2D eigenvalue weighted by molar-refractivity contribution is -0.140. The molecule has 1 atom stereocenters. The maximum atomic E-state index is 14.2. The average molecular weight is 592 g/mol. The van der Waals surface area contributed by atoms with Crippen molar-refractivity contribution in [3.05, 3.63) is 90.0 Å². The van der Waals surface area contributed by atoms with E-state index in [-0.39, 0.29) is 23.4 Å². The van der Waals surface area contributed by atoms with E-state index >= 15 is 0 Å². The van der Waals surface area contributed by atoms with Crippen LogP contribution in [0.1, 0.15) is 57.1 Å². The number of hydrogen-bond donors (Lipinski definition) is 1. The molecule has 1 saturated carbocycles. The largest absolute Gasteiger partial charge is 0.494 e. The normalized spacial score (nSPS) is 14.3. The minimum atomic E-state index is -4.14. The second-order valence-electron chi connectivity index (χ2n) is 10.6. The van der Waals surface area contributed by atoms with Crippen LogP contribution in [0.15, 0.2) is 83.8 Å². The number of rotatable bonds is 13. The predicted molar refractivity (Wildman–Crippen MR) is 165 cm³/mol. The topological polar surface area (TPSA) is 96.0 Å². The molecule has 3 aromatic rings. The first-order valence-corrected chi connectivity index (χ1v) is 16.1. The number of aryl methyl sites for hydroxylation is 1. The Balaban J connectivity index is 1.69. The third-order valence-corrected chi connectivity index (χ3v) is 9.52. The van der Waals surface area contributed by atoms with E-state index in [1.807, 2.05) is 45.0 Å². The Bertz CT molecular complexity index is 1440. The minimum Gasteiger partial charge on any atom is -0.494 e. The average Bonchev–Trinajstić information content (AvgIpc) is 3.50. The number of hydrogen-bond acceptors (Lipinski definition) is 5. The second kappa shape index (κ2) is 14.4. The van der Waals surface area contributed by atoms with Crippen LogP contribution in [0, 0.1) is 6.92 Å². The van der Waals surface area contributed by atoms with Gasteiger partial charge in [-0.2, -0.15) is 0 Å². The van der Waals surface area contributed by atoms with Crippen LogP contribution in [0.5, 0.6) is 5.75 Å². The first kappa shape index (κ1) is 31.1. The molecule has 0 saturated heterocycles. The SMILES string of the molecule is CCOc1ccc(S(=O)(=O)N(CC(=O)N(Cc2ccccc2C)C(CC)C(=O)NC2CCCC2)c2ccccc2)cc1. The van der Waals surface area contributed by atoms with E-state index in [1.54, 1.807) is 42.5 Å². The van der Waals surface area contributed by atoms with Gasteiger partial charge in [0.2, 0.25) is 11.8 Å². The van der Waals surface area contributed by atoms with E-state index in [0.717, 1.165) is 41.1 Å². The molecule has 0 heterocycles. The molecule has 1 aliphatic carbocycles.